The van der Waals surface area contributed by atoms with Gasteiger partial charge in [0.1, 0.15) is 11.9 Å². The molecular formula is C13H14ClFN2O. The van der Waals surface area contributed by atoms with Gasteiger partial charge in [-0.2, -0.15) is 5.10 Å². The summed E-state index contributed by atoms with van der Waals surface area (Å²) in [5.74, 6) is -0.339. The van der Waals surface area contributed by atoms with Crippen LogP contribution in [0.2, 0.25) is 5.02 Å². The van der Waals surface area contributed by atoms with Crippen molar-refractivity contribution in [2.24, 2.45) is 0 Å². The van der Waals surface area contributed by atoms with Crippen LogP contribution >= 0.6 is 11.6 Å². The lowest BCUT2D eigenvalue weighted by atomic mass is 10.1. The fraction of sp³-hybridized carbons (Fsp3) is 0.308. The summed E-state index contributed by atoms with van der Waals surface area (Å²) >= 11 is 6.05. The van der Waals surface area contributed by atoms with Gasteiger partial charge in [0.15, 0.2) is 0 Å². The van der Waals surface area contributed by atoms with Crippen molar-refractivity contribution in [1.82, 2.24) is 9.78 Å². The molecule has 0 radical (unpaired) electrons. The topological polar surface area (TPSA) is 38.0 Å². The molecular weight excluding hydrogens is 255 g/mol. The molecule has 5 heteroatoms. The van der Waals surface area contributed by atoms with Crippen molar-refractivity contribution in [3.8, 4) is 0 Å². The number of aromatic nitrogens is 2. The second-order valence-corrected chi connectivity index (χ2v) is 4.78. The molecule has 0 fully saturated rings. The lowest BCUT2D eigenvalue weighted by Gasteiger charge is -2.16. The standard InChI is InChI=1S/C13H14ClFN2O/c1-8(2)17-12(11(14)7-16-17)13(18)9-3-5-10(15)6-4-9/h3-8,13,18H,1-2H3. The SMILES string of the molecule is CC(C)n1ncc(Cl)c1C(O)c1ccc(F)cc1. The Labute approximate surface area is 110 Å². The molecule has 0 amide bonds. The molecule has 0 spiro atoms. The number of halogens is 2. The number of rotatable bonds is 3. The van der Waals surface area contributed by atoms with Crippen LogP contribution in [0, 0.1) is 5.82 Å². The third kappa shape index (κ3) is 2.40. The van der Waals surface area contributed by atoms with E-state index in [4.69, 9.17) is 11.6 Å². The van der Waals surface area contributed by atoms with E-state index in [1.165, 1.54) is 30.5 Å². The van der Waals surface area contributed by atoms with Crippen LogP contribution < -0.4 is 0 Å². The normalized spacial score (nSPS) is 13.0. The first-order valence-electron chi connectivity index (χ1n) is 5.67. The van der Waals surface area contributed by atoms with E-state index in [0.717, 1.165) is 0 Å². The van der Waals surface area contributed by atoms with Crippen LogP contribution in [0.1, 0.15) is 37.3 Å². The van der Waals surface area contributed by atoms with E-state index in [1.807, 2.05) is 13.8 Å². The fourth-order valence-corrected chi connectivity index (χ4v) is 2.05. The summed E-state index contributed by atoms with van der Waals surface area (Å²) in [7, 11) is 0. The van der Waals surface area contributed by atoms with Crippen molar-refractivity contribution in [1.29, 1.82) is 0 Å². The van der Waals surface area contributed by atoms with Crippen molar-refractivity contribution in [2.45, 2.75) is 26.0 Å². The smallest absolute Gasteiger partial charge is 0.123 e. The van der Waals surface area contributed by atoms with Crippen LogP contribution in [-0.4, -0.2) is 14.9 Å². The highest BCUT2D eigenvalue weighted by Crippen LogP contribution is 2.30. The van der Waals surface area contributed by atoms with Gasteiger partial charge < -0.3 is 5.11 Å². The summed E-state index contributed by atoms with van der Waals surface area (Å²) in [6, 6.07) is 5.77. The van der Waals surface area contributed by atoms with Gasteiger partial charge in [-0.1, -0.05) is 23.7 Å². The van der Waals surface area contributed by atoms with Gasteiger partial charge in [0, 0.05) is 6.04 Å². The lowest BCUT2D eigenvalue weighted by molar-refractivity contribution is 0.205. The molecule has 2 rings (SSSR count). The molecule has 2 aromatic rings. The zero-order valence-electron chi connectivity index (χ0n) is 10.1. The molecule has 1 atom stereocenters. The number of nitrogens with zero attached hydrogens (tertiary/aromatic N) is 2. The van der Waals surface area contributed by atoms with Crippen LogP contribution in [-0.2, 0) is 0 Å². The van der Waals surface area contributed by atoms with Crippen LogP contribution in [0.15, 0.2) is 30.5 Å². The highest BCUT2D eigenvalue weighted by Gasteiger charge is 2.21. The van der Waals surface area contributed by atoms with Crippen LogP contribution in [0.4, 0.5) is 4.39 Å². The molecule has 18 heavy (non-hydrogen) atoms. The first kappa shape index (κ1) is 13.1. The van der Waals surface area contributed by atoms with Crippen LogP contribution in [0.5, 0.6) is 0 Å². The summed E-state index contributed by atoms with van der Waals surface area (Å²) in [6.45, 7) is 3.90. The molecule has 0 aliphatic heterocycles. The molecule has 3 nitrogen and oxygen atoms in total. The second kappa shape index (κ2) is 5.08. The van der Waals surface area contributed by atoms with Crippen molar-refractivity contribution < 1.29 is 9.50 Å². The number of benzene rings is 1. The van der Waals surface area contributed by atoms with Crippen molar-refractivity contribution in [3.05, 3.63) is 52.6 Å². The predicted molar refractivity (Wildman–Crippen MR) is 68.1 cm³/mol. The Hall–Kier alpha value is -1.39. The first-order chi connectivity index (χ1) is 8.50. The minimum absolute atomic E-state index is 0.0857. The molecule has 1 N–H and O–H groups in total. The lowest BCUT2D eigenvalue weighted by Crippen LogP contribution is -2.12. The van der Waals surface area contributed by atoms with E-state index < -0.39 is 6.10 Å². The molecule has 0 saturated heterocycles. The van der Waals surface area contributed by atoms with Crippen molar-refractivity contribution in [2.75, 3.05) is 0 Å². The quantitative estimate of drug-likeness (QED) is 0.927. The summed E-state index contributed by atoms with van der Waals surface area (Å²) in [6.07, 6.45) is 0.590. The third-order valence-corrected chi connectivity index (χ3v) is 3.01. The zero-order valence-corrected chi connectivity index (χ0v) is 10.9. The number of aliphatic hydroxyl groups is 1. The molecule has 0 aliphatic rings. The van der Waals surface area contributed by atoms with Crippen molar-refractivity contribution in [3.63, 3.8) is 0 Å². The number of hydrogen-bond acceptors (Lipinski definition) is 2. The maximum absolute atomic E-state index is 12.9. The van der Waals surface area contributed by atoms with Gasteiger partial charge in [-0.05, 0) is 31.5 Å². The maximum Gasteiger partial charge on any atom is 0.123 e. The van der Waals surface area contributed by atoms with E-state index in [2.05, 4.69) is 5.10 Å². The summed E-state index contributed by atoms with van der Waals surface area (Å²) < 4.78 is 14.5. The molecule has 1 aromatic heterocycles. The van der Waals surface area contributed by atoms with E-state index >= 15 is 0 Å². The van der Waals surface area contributed by atoms with E-state index in [1.54, 1.807) is 4.68 Å². The summed E-state index contributed by atoms with van der Waals surface area (Å²) in [5, 5.41) is 14.8. The Bertz CT molecular complexity index is 536. The van der Waals surface area contributed by atoms with Gasteiger partial charge >= 0.3 is 0 Å². The molecule has 0 bridgehead atoms. The molecule has 1 unspecified atom stereocenters. The summed E-state index contributed by atoms with van der Waals surface area (Å²) in [4.78, 5) is 0. The molecule has 1 aromatic carbocycles. The Morgan fingerprint density at radius 3 is 2.44 bits per heavy atom. The molecule has 0 saturated carbocycles. The van der Waals surface area contributed by atoms with E-state index in [-0.39, 0.29) is 11.9 Å². The predicted octanol–water partition coefficient (Wildman–Crippen LogP) is 3.34. The monoisotopic (exact) mass is 268 g/mol. The van der Waals surface area contributed by atoms with E-state index in [0.29, 0.717) is 16.3 Å². The molecule has 0 aliphatic carbocycles. The van der Waals surface area contributed by atoms with Gasteiger partial charge in [0.25, 0.3) is 0 Å². The average molecular weight is 269 g/mol. The molecule has 96 valence electrons. The van der Waals surface area contributed by atoms with Gasteiger partial charge in [-0.25, -0.2) is 4.39 Å². The average Bonchev–Trinajstić information content (AvgIpc) is 2.71. The number of hydrogen-bond donors (Lipinski definition) is 1. The number of aliphatic hydroxyl groups excluding tert-OH is 1. The third-order valence-electron chi connectivity index (χ3n) is 2.72. The Kier molecular flexibility index (Phi) is 3.68. The highest BCUT2D eigenvalue weighted by molar-refractivity contribution is 6.31. The fourth-order valence-electron chi connectivity index (χ4n) is 1.82. The van der Waals surface area contributed by atoms with Gasteiger partial charge in [0.2, 0.25) is 0 Å². The van der Waals surface area contributed by atoms with Gasteiger partial charge in [-0.3, -0.25) is 4.68 Å². The second-order valence-electron chi connectivity index (χ2n) is 4.37. The van der Waals surface area contributed by atoms with Gasteiger partial charge in [-0.15, -0.1) is 0 Å². The van der Waals surface area contributed by atoms with E-state index in [9.17, 15) is 9.50 Å². The van der Waals surface area contributed by atoms with Crippen LogP contribution in [0.3, 0.4) is 0 Å². The first-order valence-corrected chi connectivity index (χ1v) is 6.05. The Balaban J connectivity index is 2.42. The maximum atomic E-state index is 12.9. The zero-order chi connectivity index (χ0) is 13.3. The minimum Gasteiger partial charge on any atom is -0.382 e. The largest absolute Gasteiger partial charge is 0.382 e. The summed E-state index contributed by atoms with van der Waals surface area (Å²) in [5.41, 5.74) is 1.11. The minimum atomic E-state index is -0.914. The Morgan fingerprint density at radius 2 is 1.89 bits per heavy atom. The van der Waals surface area contributed by atoms with Crippen molar-refractivity contribution >= 4 is 11.6 Å². The van der Waals surface area contributed by atoms with Crippen LogP contribution in [0.25, 0.3) is 0 Å². The Morgan fingerprint density at radius 1 is 1.28 bits per heavy atom. The molecule has 1 heterocycles. The van der Waals surface area contributed by atoms with Gasteiger partial charge in [0.05, 0.1) is 16.9 Å². The highest BCUT2D eigenvalue weighted by atomic mass is 35.5.